The molecule has 1 heterocycles. The van der Waals surface area contributed by atoms with E-state index in [1.165, 1.54) is 0 Å². The van der Waals surface area contributed by atoms with Crippen molar-refractivity contribution in [2.24, 2.45) is 0 Å². The van der Waals surface area contributed by atoms with Crippen molar-refractivity contribution in [3.63, 3.8) is 0 Å². The van der Waals surface area contributed by atoms with Gasteiger partial charge in [-0.1, -0.05) is 6.07 Å². The van der Waals surface area contributed by atoms with Crippen LogP contribution in [0.15, 0.2) is 36.4 Å². The van der Waals surface area contributed by atoms with Crippen molar-refractivity contribution in [2.75, 3.05) is 35.0 Å². The molecule has 2 atom stereocenters. The van der Waals surface area contributed by atoms with Crippen LogP contribution in [0.2, 0.25) is 0 Å². The van der Waals surface area contributed by atoms with Crippen LogP contribution < -0.4 is 18.9 Å². The Morgan fingerprint density at radius 3 is 2.21 bits per heavy atom. The van der Waals surface area contributed by atoms with Gasteiger partial charge in [0.15, 0.2) is 0 Å². The Labute approximate surface area is 170 Å². The van der Waals surface area contributed by atoms with E-state index < -0.39 is 18.1 Å². The molecule has 7 heteroatoms. The third-order valence-corrected chi connectivity index (χ3v) is 5.38. The van der Waals surface area contributed by atoms with Crippen molar-refractivity contribution >= 4 is 5.97 Å². The number of carboxylic acid groups (broad SMARTS) is 1. The van der Waals surface area contributed by atoms with Gasteiger partial charge < -0.3 is 24.1 Å². The van der Waals surface area contributed by atoms with Gasteiger partial charge in [-0.2, -0.15) is 0 Å². The van der Waals surface area contributed by atoms with Crippen LogP contribution in [0, 0.1) is 0 Å². The number of hydrogen-bond acceptors (Lipinski definition) is 6. The standard InChI is InChI=1S/C22H27NO6/c1-26-14-10-11-17(27-2)15(13-14)21(23-12-6-7-16(23)22(24)25)20-18(28-3)8-5-9-19(20)29-4/h5,8-11,13,16,21H,6-7,12H2,1-4H3,(H,24,25). The molecule has 7 nitrogen and oxygen atoms in total. The number of likely N-dealkylation sites (tertiary alicyclic amines) is 1. The first-order chi connectivity index (χ1) is 14.0. The molecule has 0 bridgehead atoms. The average Bonchev–Trinajstić information content (AvgIpc) is 3.23. The molecule has 0 radical (unpaired) electrons. The topological polar surface area (TPSA) is 77.5 Å². The van der Waals surface area contributed by atoms with Crippen LogP contribution >= 0.6 is 0 Å². The van der Waals surface area contributed by atoms with E-state index in [0.29, 0.717) is 36.0 Å². The van der Waals surface area contributed by atoms with E-state index in [4.69, 9.17) is 18.9 Å². The van der Waals surface area contributed by atoms with Crippen molar-refractivity contribution in [3.05, 3.63) is 47.5 Å². The molecule has 1 aliphatic rings. The quantitative estimate of drug-likeness (QED) is 0.727. The second-order valence-electron chi connectivity index (χ2n) is 6.82. The highest BCUT2D eigenvalue weighted by atomic mass is 16.5. The van der Waals surface area contributed by atoms with Gasteiger partial charge in [0, 0.05) is 12.1 Å². The summed E-state index contributed by atoms with van der Waals surface area (Å²) < 4.78 is 22.4. The fourth-order valence-corrected chi connectivity index (χ4v) is 4.07. The van der Waals surface area contributed by atoms with E-state index in [-0.39, 0.29) is 0 Å². The molecule has 2 unspecified atom stereocenters. The molecule has 0 spiro atoms. The van der Waals surface area contributed by atoms with Crippen LogP contribution in [0.1, 0.15) is 30.0 Å². The molecule has 1 fully saturated rings. The summed E-state index contributed by atoms with van der Waals surface area (Å²) in [6, 6.07) is 10.0. The van der Waals surface area contributed by atoms with Crippen LogP contribution in [-0.4, -0.2) is 57.0 Å². The Morgan fingerprint density at radius 1 is 1.00 bits per heavy atom. The monoisotopic (exact) mass is 401 g/mol. The average molecular weight is 401 g/mol. The molecule has 2 aromatic rings. The number of carboxylic acids is 1. The molecular weight excluding hydrogens is 374 g/mol. The van der Waals surface area contributed by atoms with Crippen molar-refractivity contribution < 1.29 is 28.8 Å². The van der Waals surface area contributed by atoms with Gasteiger partial charge >= 0.3 is 5.97 Å². The highest BCUT2D eigenvalue weighted by molar-refractivity contribution is 5.74. The molecule has 29 heavy (non-hydrogen) atoms. The molecule has 1 aliphatic heterocycles. The van der Waals surface area contributed by atoms with Crippen molar-refractivity contribution in [1.82, 2.24) is 4.90 Å². The minimum Gasteiger partial charge on any atom is -0.497 e. The Hall–Kier alpha value is -2.93. The maximum Gasteiger partial charge on any atom is 0.320 e. The molecule has 0 aliphatic carbocycles. The first kappa shape index (κ1) is 20.8. The van der Waals surface area contributed by atoms with E-state index in [1.807, 2.05) is 41.3 Å². The largest absolute Gasteiger partial charge is 0.497 e. The predicted molar refractivity (Wildman–Crippen MR) is 108 cm³/mol. The molecule has 0 amide bonds. The van der Waals surface area contributed by atoms with E-state index >= 15 is 0 Å². The van der Waals surface area contributed by atoms with E-state index in [0.717, 1.165) is 17.5 Å². The number of ether oxygens (including phenoxy) is 4. The number of carbonyl (C=O) groups is 1. The van der Waals surface area contributed by atoms with Crippen LogP contribution in [-0.2, 0) is 4.79 Å². The summed E-state index contributed by atoms with van der Waals surface area (Å²) >= 11 is 0. The van der Waals surface area contributed by atoms with Gasteiger partial charge in [0.1, 0.15) is 29.0 Å². The van der Waals surface area contributed by atoms with Crippen LogP contribution in [0.4, 0.5) is 0 Å². The SMILES string of the molecule is COc1ccc(OC)c(C(c2c(OC)cccc2OC)N2CCCC2C(=O)O)c1. The molecule has 156 valence electrons. The van der Waals surface area contributed by atoms with Gasteiger partial charge in [0.2, 0.25) is 0 Å². The number of hydrogen-bond donors (Lipinski definition) is 1. The number of nitrogens with zero attached hydrogens (tertiary/aromatic N) is 1. The van der Waals surface area contributed by atoms with Crippen LogP contribution in [0.5, 0.6) is 23.0 Å². The lowest BCUT2D eigenvalue weighted by molar-refractivity contribution is -0.142. The van der Waals surface area contributed by atoms with E-state index in [1.54, 1.807) is 28.4 Å². The summed E-state index contributed by atoms with van der Waals surface area (Å²) in [6.07, 6.45) is 1.37. The van der Waals surface area contributed by atoms with Gasteiger partial charge in [-0.05, 0) is 43.2 Å². The highest BCUT2D eigenvalue weighted by Crippen LogP contribution is 2.46. The molecule has 3 rings (SSSR count). The third-order valence-electron chi connectivity index (χ3n) is 5.38. The van der Waals surface area contributed by atoms with E-state index in [9.17, 15) is 9.90 Å². The minimum absolute atomic E-state index is 0.449. The molecular formula is C22H27NO6. The number of methoxy groups -OCH3 is 4. The minimum atomic E-state index is -0.844. The second kappa shape index (κ2) is 9.05. The molecule has 2 aromatic carbocycles. The maximum atomic E-state index is 12.0. The number of rotatable bonds is 8. The van der Waals surface area contributed by atoms with Gasteiger partial charge in [0.05, 0.1) is 40.0 Å². The Bertz CT molecular complexity index is 846. The summed E-state index contributed by atoms with van der Waals surface area (Å²) in [5.41, 5.74) is 1.56. The smallest absolute Gasteiger partial charge is 0.320 e. The summed E-state index contributed by atoms with van der Waals surface area (Å²) in [6.45, 7) is 0.628. The first-order valence-corrected chi connectivity index (χ1v) is 9.47. The Morgan fingerprint density at radius 2 is 1.66 bits per heavy atom. The van der Waals surface area contributed by atoms with Crippen molar-refractivity contribution in [3.8, 4) is 23.0 Å². The lowest BCUT2D eigenvalue weighted by Crippen LogP contribution is -2.39. The zero-order chi connectivity index (χ0) is 21.0. The summed E-state index contributed by atoms with van der Waals surface area (Å²) in [5, 5.41) is 9.85. The molecule has 1 N–H and O–H groups in total. The Balaban J connectivity index is 2.29. The summed E-state index contributed by atoms with van der Waals surface area (Å²) in [7, 11) is 6.38. The molecule has 1 saturated heterocycles. The first-order valence-electron chi connectivity index (χ1n) is 9.47. The predicted octanol–water partition coefficient (Wildman–Crippen LogP) is 3.36. The maximum absolute atomic E-state index is 12.0. The Kier molecular flexibility index (Phi) is 6.49. The number of benzene rings is 2. The van der Waals surface area contributed by atoms with Crippen molar-refractivity contribution in [1.29, 1.82) is 0 Å². The van der Waals surface area contributed by atoms with Gasteiger partial charge in [-0.25, -0.2) is 0 Å². The van der Waals surface area contributed by atoms with E-state index in [2.05, 4.69) is 0 Å². The summed E-state index contributed by atoms with van der Waals surface area (Å²) in [5.74, 6) is 1.69. The fourth-order valence-electron chi connectivity index (χ4n) is 4.07. The third kappa shape index (κ3) is 3.96. The van der Waals surface area contributed by atoms with Crippen molar-refractivity contribution in [2.45, 2.75) is 24.9 Å². The fraction of sp³-hybridized carbons (Fsp3) is 0.409. The van der Waals surface area contributed by atoms with Crippen LogP contribution in [0.25, 0.3) is 0 Å². The normalized spacial score (nSPS) is 17.6. The zero-order valence-electron chi connectivity index (χ0n) is 17.2. The highest BCUT2D eigenvalue weighted by Gasteiger charge is 2.40. The van der Waals surface area contributed by atoms with Gasteiger partial charge in [-0.15, -0.1) is 0 Å². The van der Waals surface area contributed by atoms with Gasteiger partial charge in [-0.3, -0.25) is 9.69 Å². The molecule has 0 aromatic heterocycles. The lowest BCUT2D eigenvalue weighted by Gasteiger charge is -2.34. The zero-order valence-corrected chi connectivity index (χ0v) is 17.2. The van der Waals surface area contributed by atoms with Crippen LogP contribution in [0.3, 0.4) is 0 Å². The number of aliphatic carboxylic acids is 1. The lowest BCUT2D eigenvalue weighted by atomic mass is 9.93. The summed E-state index contributed by atoms with van der Waals surface area (Å²) in [4.78, 5) is 14.0. The van der Waals surface area contributed by atoms with Gasteiger partial charge in [0.25, 0.3) is 0 Å². The molecule has 0 saturated carbocycles. The second-order valence-corrected chi connectivity index (χ2v) is 6.82.